The van der Waals surface area contributed by atoms with Crippen LogP contribution >= 0.6 is 0 Å². The largest absolute Gasteiger partial charge is 0.361 e. The Morgan fingerprint density at radius 1 is 1.19 bits per heavy atom. The molecule has 2 amide bonds. The van der Waals surface area contributed by atoms with E-state index in [1.54, 1.807) is 12.4 Å². The molecule has 0 spiro atoms. The van der Waals surface area contributed by atoms with Crippen molar-refractivity contribution >= 4 is 22.7 Å². The van der Waals surface area contributed by atoms with Gasteiger partial charge in [0.2, 0.25) is 11.8 Å². The zero-order chi connectivity index (χ0) is 18.4. The highest BCUT2D eigenvalue weighted by Crippen LogP contribution is 2.19. The Labute approximate surface area is 152 Å². The van der Waals surface area contributed by atoms with Crippen molar-refractivity contribution < 1.29 is 9.59 Å². The molecule has 0 saturated carbocycles. The maximum absolute atomic E-state index is 12.6. The van der Waals surface area contributed by atoms with Gasteiger partial charge in [0.25, 0.3) is 0 Å². The summed E-state index contributed by atoms with van der Waals surface area (Å²) < 4.78 is 0. The zero-order valence-electron chi connectivity index (χ0n) is 14.7. The minimum atomic E-state index is -0.611. The second-order valence-electron chi connectivity index (χ2n) is 6.22. The first-order valence-corrected chi connectivity index (χ1v) is 8.62. The third-order valence-corrected chi connectivity index (χ3v) is 4.23. The fourth-order valence-corrected chi connectivity index (χ4v) is 2.97. The van der Waals surface area contributed by atoms with Gasteiger partial charge in [-0.25, -0.2) is 0 Å². The van der Waals surface area contributed by atoms with Crippen molar-refractivity contribution in [2.24, 2.45) is 0 Å². The Balaban J connectivity index is 1.65. The molecule has 0 saturated heterocycles. The predicted octanol–water partition coefficient (Wildman–Crippen LogP) is 1.97. The number of benzene rings is 1. The molecule has 3 aromatic rings. The summed E-state index contributed by atoms with van der Waals surface area (Å²) in [7, 11) is 0. The van der Waals surface area contributed by atoms with Crippen LogP contribution in [0.4, 0.5) is 0 Å². The van der Waals surface area contributed by atoms with Crippen molar-refractivity contribution in [1.29, 1.82) is 0 Å². The number of aromatic amines is 1. The van der Waals surface area contributed by atoms with E-state index in [2.05, 4.69) is 20.6 Å². The third kappa shape index (κ3) is 4.47. The first kappa shape index (κ1) is 17.7. The van der Waals surface area contributed by atoms with E-state index in [-0.39, 0.29) is 11.8 Å². The average molecular weight is 350 g/mol. The van der Waals surface area contributed by atoms with Gasteiger partial charge in [0.05, 0.1) is 0 Å². The van der Waals surface area contributed by atoms with Crippen LogP contribution in [0.15, 0.2) is 55.0 Å². The number of hydrogen-bond donors (Lipinski definition) is 3. The van der Waals surface area contributed by atoms with Crippen molar-refractivity contribution in [3.8, 4) is 0 Å². The van der Waals surface area contributed by atoms with Gasteiger partial charge in [0.1, 0.15) is 6.04 Å². The van der Waals surface area contributed by atoms with Crippen LogP contribution in [0.25, 0.3) is 10.9 Å². The number of carbonyl (C=O) groups is 2. The summed E-state index contributed by atoms with van der Waals surface area (Å²) in [6.45, 7) is 1.92. The quantitative estimate of drug-likeness (QED) is 0.609. The molecule has 6 nitrogen and oxygen atoms in total. The van der Waals surface area contributed by atoms with E-state index in [4.69, 9.17) is 0 Å². The molecule has 0 bridgehead atoms. The first-order chi connectivity index (χ1) is 12.6. The summed E-state index contributed by atoms with van der Waals surface area (Å²) in [6.07, 6.45) is 6.52. The Bertz CT molecular complexity index is 889. The van der Waals surface area contributed by atoms with Crippen molar-refractivity contribution in [2.75, 3.05) is 6.54 Å². The van der Waals surface area contributed by atoms with E-state index in [0.29, 0.717) is 19.4 Å². The van der Waals surface area contributed by atoms with Gasteiger partial charge in [0, 0.05) is 49.4 Å². The number of para-hydroxylation sites is 1. The van der Waals surface area contributed by atoms with Crippen LogP contribution in [0.5, 0.6) is 0 Å². The van der Waals surface area contributed by atoms with Crippen LogP contribution in [0, 0.1) is 0 Å². The van der Waals surface area contributed by atoms with Crippen molar-refractivity contribution in [3.05, 3.63) is 66.1 Å². The molecule has 0 aliphatic carbocycles. The lowest BCUT2D eigenvalue weighted by Gasteiger charge is -2.17. The van der Waals surface area contributed by atoms with Gasteiger partial charge in [-0.3, -0.25) is 14.6 Å². The standard InChI is InChI=1S/C20H22N4O2/c1-14(25)24-19(11-16-13-23-18-7-3-2-6-17(16)18)20(26)22-10-8-15-5-4-9-21-12-15/h2-7,9,12-13,19,23H,8,10-11H2,1H3,(H,22,26)(H,24,25). The number of amides is 2. The molecular formula is C20H22N4O2. The summed E-state index contributed by atoms with van der Waals surface area (Å²) in [6, 6.07) is 11.1. The molecule has 1 atom stereocenters. The fourth-order valence-electron chi connectivity index (χ4n) is 2.97. The van der Waals surface area contributed by atoms with Gasteiger partial charge in [-0.2, -0.15) is 0 Å². The number of H-pyrrole nitrogens is 1. The third-order valence-electron chi connectivity index (χ3n) is 4.23. The molecule has 0 aliphatic heterocycles. The first-order valence-electron chi connectivity index (χ1n) is 8.62. The number of nitrogens with one attached hydrogen (secondary N) is 3. The number of pyridine rings is 1. The van der Waals surface area contributed by atoms with Gasteiger partial charge in [-0.1, -0.05) is 24.3 Å². The highest BCUT2D eigenvalue weighted by Gasteiger charge is 2.21. The van der Waals surface area contributed by atoms with E-state index >= 15 is 0 Å². The smallest absolute Gasteiger partial charge is 0.242 e. The van der Waals surface area contributed by atoms with Crippen LogP contribution < -0.4 is 10.6 Å². The SMILES string of the molecule is CC(=O)NC(Cc1c[nH]c2ccccc12)C(=O)NCCc1cccnc1. The van der Waals surface area contributed by atoms with Crippen LogP contribution in [0.3, 0.4) is 0 Å². The minimum Gasteiger partial charge on any atom is -0.361 e. The molecule has 0 radical (unpaired) electrons. The zero-order valence-corrected chi connectivity index (χ0v) is 14.7. The van der Waals surface area contributed by atoms with Crippen molar-refractivity contribution in [2.45, 2.75) is 25.8 Å². The lowest BCUT2D eigenvalue weighted by Crippen LogP contribution is -2.47. The van der Waals surface area contributed by atoms with Gasteiger partial charge in [-0.05, 0) is 29.7 Å². The fraction of sp³-hybridized carbons (Fsp3) is 0.250. The lowest BCUT2D eigenvalue weighted by molar-refractivity contribution is -0.128. The van der Waals surface area contributed by atoms with Crippen LogP contribution in [-0.4, -0.2) is 34.4 Å². The normalized spacial score (nSPS) is 11.9. The van der Waals surface area contributed by atoms with E-state index in [0.717, 1.165) is 22.0 Å². The number of fused-ring (bicyclic) bond motifs is 1. The summed E-state index contributed by atoms with van der Waals surface area (Å²) in [5, 5.41) is 6.72. The molecule has 26 heavy (non-hydrogen) atoms. The average Bonchev–Trinajstić information content (AvgIpc) is 3.05. The number of hydrogen-bond acceptors (Lipinski definition) is 3. The topological polar surface area (TPSA) is 86.9 Å². The number of nitrogens with zero attached hydrogens (tertiary/aromatic N) is 1. The lowest BCUT2D eigenvalue weighted by atomic mass is 10.0. The molecule has 2 heterocycles. The number of aromatic nitrogens is 2. The molecule has 6 heteroatoms. The monoisotopic (exact) mass is 350 g/mol. The summed E-state index contributed by atoms with van der Waals surface area (Å²) in [5.41, 5.74) is 3.07. The van der Waals surface area contributed by atoms with Crippen molar-refractivity contribution in [3.63, 3.8) is 0 Å². The maximum Gasteiger partial charge on any atom is 0.242 e. The molecular weight excluding hydrogens is 328 g/mol. The highest BCUT2D eigenvalue weighted by molar-refractivity contribution is 5.89. The summed E-state index contributed by atoms with van der Waals surface area (Å²) in [4.78, 5) is 31.4. The number of carbonyl (C=O) groups excluding carboxylic acids is 2. The van der Waals surface area contributed by atoms with E-state index < -0.39 is 6.04 Å². The van der Waals surface area contributed by atoms with Gasteiger partial charge in [-0.15, -0.1) is 0 Å². The van der Waals surface area contributed by atoms with Crippen LogP contribution in [0.1, 0.15) is 18.1 Å². The molecule has 134 valence electrons. The second-order valence-corrected chi connectivity index (χ2v) is 6.22. The van der Waals surface area contributed by atoms with Gasteiger partial charge < -0.3 is 15.6 Å². The molecule has 1 unspecified atom stereocenters. The van der Waals surface area contributed by atoms with Crippen LogP contribution in [0.2, 0.25) is 0 Å². The van der Waals surface area contributed by atoms with E-state index in [9.17, 15) is 9.59 Å². The molecule has 1 aromatic carbocycles. The van der Waals surface area contributed by atoms with E-state index in [1.165, 1.54) is 6.92 Å². The summed E-state index contributed by atoms with van der Waals surface area (Å²) in [5.74, 6) is -0.411. The summed E-state index contributed by atoms with van der Waals surface area (Å²) >= 11 is 0. The Hall–Kier alpha value is -3.15. The molecule has 3 N–H and O–H groups in total. The molecule has 2 aromatic heterocycles. The Morgan fingerprint density at radius 2 is 2.04 bits per heavy atom. The molecule has 0 fully saturated rings. The Morgan fingerprint density at radius 3 is 2.81 bits per heavy atom. The number of rotatable bonds is 7. The van der Waals surface area contributed by atoms with E-state index in [1.807, 2.05) is 42.6 Å². The van der Waals surface area contributed by atoms with Crippen molar-refractivity contribution in [1.82, 2.24) is 20.6 Å². The Kier molecular flexibility index (Phi) is 5.63. The predicted molar refractivity (Wildman–Crippen MR) is 101 cm³/mol. The van der Waals surface area contributed by atoms with Gasteiger partial charge in [0.15, 0.2) is 0 Å². The second kappa shape index (κ2) is 8.29. The van der Waals surface area contributed by atoms with Crippen LogP contribution in [-0.2, 0) is 22.4 Å². The molecule has 0 aliphatic rings. The molecule has 3 rings (SSSR count). The minimum absolute atomic E-state index is 0.186. The highest BCUT2D eigenvalue weighted by atomic mass is 16.2. The maximum atomic E-state index is 12.6. The van der Waals surface area contributed by atoms with Gasteiger partial charge >= 0.3 is 0 Å².